The van der Waals surface area contributed by atoms with Crippen LogP contribution in [-0.2, 0) is 0 Å². The summed E-state index contributed by atoms with van der Waals surface area (Å²) in [6.07, 6.45) is 7.26. The van der Waals surface area contributed by atoms with Crippen molar-refractivity contribution in [1.82, 2.24) is 15.3 Å². The molecule has 0 radical (unpaired) electrons. The number of fused-ring (bicyclic) bond motifs is 2. The molecular formula is C12H9N3. The molecule has 1 aromatic carbocycles. The van der Waals surface area contributed by atoms with Gasteiger partial charge in [0.05, 0.1) is 5.35 Å². The highest BCUT2D eigenvalue weighted by Crippen LogP contribution is 1.87. The van der Waals surface area contributed by atoms with Crippen LogP contribution in [0, 0.1) is 10.4 Å². The number of aromatic nitrogens is 2. The number of nitrogens with zero attached hydrogens (tertiary/aromatic N) is 2. The second-order valence-corrected chi connectivity index (χ2v) is 3.36. The van der Waals surface area contributed by atoms with Gasteiger partial charge in [0.1, 0.15) is 6.33 Å². The first kappa shape index (κ1) is 8.17. The Labute approximate surface area is 86.1 Å². The lowest BCUT2D eigenvalue weighted by atomic mass is 10.2. The third-order valence-corrected chi connectivity index (χ3v) is 2.45. The Bertz CT molecular complexity index is 643. The Morgan fingerprint density at radius 2 is 1.93 bits per heavy atom. The molecule has 0 aliphatic carbocycles. The summed E-state index contributed by atoms with van der Waals surface area (Å²) in [6.45, 7) is 0. The first-order valence-electron chi connectivity index (χ1n) is 4.77. The first-order chi connectivity index (χ1) is 7.45. The molecular weight excluding hydrogens is 186 g/mol. The van der Waals surface area contributed by atoms with Crippen LogP contribution in [0.5, 0.6) is 0 Å². The van der Waals surface area contributed by atoms with E-state index >= 15 is 0 Å². The van der Waals surface area contributed by atoms with E-state index in [0.29, 0.717) is 0 Å². The lowest BCUT2D eigenvalue weighted by Crippen LogP contribution is -2.12. The Balaban J connectivity index is 2.73. The van der Waals surface area contributed by atoms with E-state index in [1.807, 2.05) is 30.7 Å². The van der Waals surface area contributed by atoms with Crippen molar-refractivity contribution in [2.45, 2.75) is 0 Å². The van der Waals surface area contributed by atoms with E-state index in [1.54, 1.807) is 6.33 Å². The molecule has 0 spiro atoms. The monoisotopic (exact) mass is 195 g/mol. The molecule has 0 amide bonds. The molecule has 0 atom stereocenters. The van der Waals surface area contributed by atoms with E-state index in [4.69, 9.17) is 0 Å². The highest BCUT2D eigenvalue weighted by Gasteiger charge is 1.93. The summed E-state index contributed by atoms with van der Waals surface area (Å²) in [7, 11) is 0. The molecule has 0 unspecified atom stereocenters. The zero-order valence-corrected chi connectivity index (χ0v) is 8.01. The fourth-order valence-corrected chi connectivity index (χ4v) is 1.74. The number of hydrogen-bond donors (Lipinski definition) is 1. The van der Waals surface area contributed by atoms with Crippen molar-refractivity contribution in [3.63, 3.8) is 0 Å². The fourth-order valence-electron chi connectivity index (χ4n) is 1.74. The van der Waals surface area contributed by atoms with Crippen molar-refractivity contribution >= 4 is 12.4 Å². The summed E-state index contributed by atoms with van der Waals surface area (Å²) in [5.74, 6) is 0. The number of nitrogens with one attached hydrogen (secondary N) is 1. The molecule has 3 rings (SSSR count). The largest absolute Gasteiger partial charge is 0.365 e. The maximum Gasteiger partial charge on any atom is 0.116 e. The Morgan fingerprint density at radius 3 is 2.93 bits per heavy atom. The van der Waals surface area contributed by atoms with Gasteiger partial charge in [0, 0.05) is 23.8 Å². The molecule has 72 valence electrons. The molecule has 3 nitrogen and oxygen atoms in total. The molecule has 15 heavy (non-hydrogen) atoms. The van der Waals surface area contributed by atoms with E-state index in [1.165, 1.54) is 0 Å². The second-order valence-electron chi connectivity index (χ2n) is 3.36. The molecule has 0 saturated heterocycles. The summed E-state index contributed by atoms with van der Waals surface area (Å²) in [6, 6.07) is 8.19. The van der Waals surface area contributed by atoms with E-state index < -0.39 is 0 Å². The molecule has 0 saturated carbocycles. The predicted octanol–water partition coefficient (Wildman–Crippen LogP) is -0.157. The van der Waals surface area contributed by atoms with Gasteiger partial charge in [-0.1, -0.05) is 24.3 Å². The van der Waals surface area contributed by atoms with Gasteiger partial charge in [0.15, 0.2) is 0 Å². The topological polar surface area (TPSA) is 37.8 Å². The highest BCUT2D eigenvalue weighted by molar-refractivity contribution is 5.37. The van der Waals surface area contributed by atoms with Crippen LogP contribution >= 0.6 is 0 Å². The summed E-state index contributed by atoms with van der Waals surface area (Å²) in [5.41, 5.74) is 0. The molecule has 2 heterocycles. The minimum absolute atomic E-state index is 0.922. The second kappa shape index (κ2) is 3.20. The van der Waals surface area contributed by atoms with E-state index in [2.05, 4.69) is 27.4 Å². The quantitative estimate of drug-likeness (QED) is 0.635. The van der Waals surface area contributed by atoms with E-state index in [0.717, 1.165) is 21.0 Å². The van der Waals surface area contributed by atoms with Crippen LogP contribution in [0.2, 0.25) is 0 Å². The van der Waals surface area contributed by atoms with Crippen LogP contribution in [0.15, 0.2) is 36.8 Å². The molecule has 2 aromatic rings. The van der Waals surface area contributed by atoms with Crippen LogP contribution in [0.3, 0.4) is 0 Å². The Kier molecular flexibility index (Phi) is 1.75. The maximum atomic E-state index is 4.23. The average Bonchev–Trinajstić information content (AvgIpc) is 2.48. The van der Waals surface area contributed by atoms with Crippen LogP contribution in [0.25, 0.3) is 12.4 Å². The number of benzene rings is 1. The maximum absolute atomic E-state index is 4.23. The molecule has 1 aliphatic heterocycles. The van der Waals surface area contributed by atoms with Crippen molar-refractivity contribution in [3.8, 4) is 0 Å². The zero-order valence-electron chi connectivity index (χ0n) is 8.01. The standard InChI is InChI=1S/C12H9N3/c1-2-4-10-9(3-1)5-13-7-12-11(10)6-14-8-15-12/h1-8,13H. The normalized spacial score (nSPS) is 12.3. The summed E-state index contributed by atoms with van der Waals surface area (Å²) in [5, 5.41) is 7.42. The van der Waals surface area contributed by atoms with Crippen LogP contribution < -0.4 is 15.9 Å². The van der Waals surface area contributed by atoms with Gasteiger partial charge in [-0.05, 0) is 10.4 Å². The summed E-state index contributed by atoms with van der Waals surface area (Å²) >= 11 is 0. The predicted molar refractivity (Wildman–Crippen MR) is 57.5 cm³/mol. The van der Waals surface area contributed by atoms with Gasteiger partial charge in [-0.3, -0.25) is 0 Å². The van der Waals surface area contributed by atoms with Gasteiger partial charge in [0.25, 0.3) is 0 Å². The molecule has 0 bridgehead atoms. The number of hydrogen-bond acceptors (Lipinski definition) is 3. The zero-order chi connectivity index (χ0) is 10.1. The van der Waals surface area contributed by atoms with Gasteiger partial charge in [-0.15, -0.1) is 0 Å². The lowest BCUT2D eigenvalue weighted by molar-refractivity contribution is 1.09. The molecule has 3 heteroatoms. The SMILES string of the molecule is C1=c2ccccc2=c2cncnc2=CN1. The van der Waals surface area contributed by atoms with Crippen LogP contribution in [0.4, 0.5) is 0 Å². The van der Waals surface area contributed by atoms with Crippen molar-refractivity contribution in [2.24, 2.45) is 0 Å². The fraction of sp³-hybridized carbons (Fsp3) is 0. The highest BCUT2D eigenvalue weighted by atomic mass is 14.9. The lowest BCUT2D eigenvalue weighted by Gasteiger charge is -1.89. The minimum Gasteiger partial charge on any atom is -0.365 e. The van der Waals surface area contributed by atoms with Crippen molar-refractivity contribution in [2.75, 3.05) is 0 Å². The van der Waals surface area contributed by atoms with E-state index in [9.17, 15) is 0 Å². The molecule has 1 N–H and O–H groups in total. The van der Waals surface area contributed by atoms with Crippen molar-refractivity contribution in [1.29, 1.82) is 0 Å². The smallest absolute Gasteiger partial charge is 0.116 e. The van der Waals surface area contributed by atoms with Gasteiger partial charge in [-0.25, -0.2) is 9.97 Å². The van der Waals surface area contributed by atoms with Gasteiger partial charge in [0.2, 0.25) is 0 Å². The third kappa shape index (κ3) is 1.29. The van der Waals surface area contributed by atoms with Crippen molar-refractivity contribution < 1.29 is 0 Å². The van der Waals surface area contributed by atoms with E-state index in [-0.39, 0.29) is 0 Å². The van der Waals surface area contributed by atoms with Gasteiger partial charge in [-0.2, -0.15) is 0 Å². The summed E-state index contributed by atoms with van der Waals surface area (Å²) < 4.78 is 0. The van der Waals surface area contributed by atoms with Crippen LogP contribution in [0.1, 0.15) is 0 Å². The molecule has 0 fully saturated rings. The minimum atomic E-state index is 0.922. The number of rotatable bonds is 0. The summed E-state index contributed by atoms with van der Waals surface area (Å²) in [4.78, 5) is 8.29. The molecule has 1 aliphatic rings. The van der Waals surface area contributed by atoms with Crippen molar-refractivity contribution in [3.05, 3.63) is 57.8 Å². The van der Waals surface area contributed by atoms with Gasteiger partial charge >= 0.3 is 0 Å². The Hall–Kier alpha value is -2.16. The third-order valence-electron chi connectivity index (χ3n) is 2.45. The molecule has 1 aromatic heterocycles. The van der Waals surface area contributed by atoms with Gasteiger partial charge < -0.3 is 5.32 Å². The van der Waals surface area contributed by atoms with Crippen LogP contribution in [-0.4, -0.2) is 9.97 Å². The Morgan fingerprint density at radius 1 is 1.00 bits per heavy atom. The average molecular weight is 195 g/mol. The first-order valence-corrected chi connectivity index (χ1v) is 4.77.